The van der Waals surface area contributed by atoms with E-state index in [-0.39, 0.29) is 40.7 Å². The largest absolute Gasteiger partial charge is 0.465 e. The average Bonchev–Trinajstić information content (AvgIpc) is 3.00. The highest BCUT2D eigenvalue weighted by Gasteiger charge is 2.45. The van der Waals surface area contributed by atoms with E-state index in [9.17, 15) is 19.2 Å². The highest BCUT2D eigenvalue weighted by molar-refractivity contribution is 6.86. The van der Waals surface area contributed by atoms with Gasteiger partial charge in [0, 0.05) is 0 Å². The van der Waals surface area contributed by atoms with Gasteiger partial charge >= 0.3 is 23.9 Å². The molecule has 0 amide bonds. The van der Waals surface area contributed by atoms with Crippen LogP contribution in [0.1, 0.15) is 82.1 Å². The Kier molecular flexibility index (Phi) is 14.3. The molecule has 0 saturated carbocycles. The number of hydrogen-bond donors (Lipinski definition) is 0. The number of esters is 4. The maximum Gasteiger partial charge on any atom is 0.317 e. The van der Waals surface area contributed by atoms with Crippen molar-refractivity contribution in [3.05, 3.63) is 0 Å². The molecule has 2 aliphatic heterocycles. The first-order chi connectivity index (χ1) is 17.5. The smallest absolute Gasteiger partial charge is 0.317 e. The van der Waals surface area contributed by atoms with Gasteiger partial charge in [0.05, 0.1) is 29.8 Å². The van der Waals surface area contributed by atoms with Crippen molar-refractivity contribution in [2.75, 3.05) is 6.61 Å². The Morgan fingerprint density at radius 1 is 0.923 bits per heavy atom. The maximum atomic E-state index is 12.2. The van der Waals surface area contributed by atoms with Gasteiger partial charge in [0.2, 0.25) is 0 Å². The number of cyclic esters (lactones) is 2. The lowest BCUT2D eigenvalue weighted by Gasteiger charge is -2.42. The highest BCUT2D eigenvalue weighted by atomic mass is 28.4. The molecule has 2 aliphatic rings. The summed E-state index contributed by atoms with van der Waals surface area (Å²) in [6.45, 7) is 28.5. The summed E-state index contributed by atoms with van der Waals surface area (Å²) >= 11 is 0. The summed E-state index contributed by atoms with van der Waals surface area (Å²) in [5.74, 6) is -0.845. The molecule has 10 heteroatoms. The Labute approximate surface area is 239 Å². The molecule has 0 aromatic carbocycles. The van der Waals surface area contributed by atoms with Gasteiger partial charge in [-0.05, 0) is 85.2 Å². The van der Waals surface area contributed by atoms with Crippen molar-refractivity contribution < 1.29 is 37.5 Å². The molecule has 0 spiro atoms. The minimum Gasteiger partial charge on any atom is -0.465 e. The topological polar surface area (TPSA) is 105 Å². The summed E-state index contributed by atoms with van der Waals surface area (Å²) in [6.07, 6.45) is 1.86. The third-order valence-corrected chi connectivity index (χ3v) is 14.5. The molecule has 0 aromatic rings. The molecule has 2 heterocycles. The molecule has 2 fully saturated rings. The predicted molar refractivity (Wildman–Crippen MR) is 159 cm³/mol. The molecule has 0 aromatic heterocycles. The highest BCUT2D eigenvalue weighted by Crippen LogP contribution is 2.36. The van der Waals surface area contributed by atoms with Crippen molar-refractivity contribution in [1.82, 2.24) is 0 Å². The lowest BCUT2D eigenvalue weighted by molar-refractivity contribution is -0.165. The zero-order valence-electron chi connectivity index (χ0n) is 27.1. The Balaban J connectivity index is 0.000000595. The van der Waals surface area contributed by atoms with E-state index in [1.807, 2.05) is 41.5 Å². The van der Waals surface area contributed by atoms with Crippen LogP contribution in [0.5, 0.6) is 0 Å². The fourth-order valence-corrected chi connectivity index (χ4v) is 13.9. The molecule has 0 aliphatic carbocycles. The van der Waals surface area contributed by atoms with Crippen LogP contribution in [0.2, 0.25) is 38.3 Å². The number of carbonyl (C=O) groups excluding carboxylic acids is 4. The second-order valence-electron chi connectivity index (χ2n) is 13.9. The van der Waals surface area contributed by atoms with Crippen molar-refractivity contribution in [1.29, 1.82) is 0 Å². The summed E-state index contributed by atoms with van der Waals surface area (Å²) < 4.78 is 21.3. The van der Waals surface area contributed by atoms with Crippen molar-refractivity contribution in [2.24, 2.45) is 29.1 Å². The van der Waals surface area contributed by atoms with Gasteiger partial charge in [-0.1, -0.05) is 41.0 Å². The van der Waals surface area contributed by atoms with Crippen LogP contribution in [0.4, 0.5) is 0 Å². The van der Waals surface area contributed by atoms with Crippen LogP contribution in [-0.4, -0.2) is 52.7 Å². The minimum atomic E-state index is -1.66. The second-order valence-corrected chi connectivity index (χ2v) is 22.6. The number of hydrogen-bond acceptors (Lipinski definition) is 8. The number of carbonyl (C=O) groups is 4. The molecule has 2 saturated heterocycles. The third-order valence-electron chi connectivity index (χ3n) is 7.10. The van der Waals surface area contributed by atoms with E-state index in [4.69, 9.17) is 13.6 Å². The lowest BCUT2D eigenvalue weighted by atomic mass is 9.90. The SMILES string of the molecule is CC1C(=O)OC(=O)C1C.CCC(C)(C)C(=O)OC(C)(C)C.CCC(C)COC(=O)C1C[Si](C)(C)O[Si](C)(C)C1. The quantitative estimate of drug-likeness (QED) is 0.145. The van der Waals surface area contributed by atoms with Gasteiger partial charge in [-0.15, -0.1) is 0 Å². The zero-order valence-corrected chi connectivity index (χ0v) is 29.1. The van der Waals surface area contributed by atoms with Crippen molar-refractivity contribution in [3.8, 4) is 0 Å². The summed E-state index contributed by atoms with van der Waals surface area (Å²) in [5, 5.41) is 0. The predicted octanol–water partition coefficient (Wildman–Crippen LogP) is 6.74. The van der Waals surface area contributed by atoms with Gasteiger partial charge < -0.3 is 18.3 Å². The van der Waals surface area contributed by atoms with E-state index in [0.717, 1.165) is 24.9 Å². The normalized spacial score (nSPS) is 23.3. The van der Waals surface area contributed by atoms with Gasteiger partial charge in [0.15, 0.2) is 16.6 Å². The first kappa shape index (κ1) is 37.5. The van der Waals surface area contributed by atoms with Gasteiger partial charge in [0.25, 0.3) is 0 Å². The summed E-state index contributed by atoms with van der Waals surface area (Å²) in [6, 6.07) is 1.84. The molecule has 0 N–H and O–H groups in total. The van der Waals surface area contributed by atoms with Crippen molar-refractivity contribution in [3.63, 3.8) is 0 Å². The standard InChI is InChI=1S/C13H28O3Si2.C10H20O2.C6H8O3/c1-7-11(2)8-15-13(14)12-9-17(3,4)16-18(5,6)10-12;1-7-10(5,6)8(11)12-9(2,3)4;1-3-4(2)6(8)9-5(3)7/h11-12H,7-10H2,1-6H3;7H2,1-6H3;3-4H,1-2H3. The third kappa shape index (κ3) is 14.1. The minimum absolute atomic E-state index is 0.0137. The van der Waals surface area contributed by atoms with Gasteiger partial charge in [-0.2, -0.15) is 0 Å². The van der Waals surface area contributed by atoms with E-state index in [0.29, 0.717) is 12.5 Å². The monoisotopic (exact) mass is 588 g/mol. The van der Waals surface area contributed by atoms with E-state index in [1.165, 1.54) is 0 Å². The van der Waals surface area contributed by atoms with Crippen LogP contribution in [0, 0.1) is 29.1 Å². The van der Waals surface area contributed by atoms with Gasteiger partial charge in [-0.25, -0.2) is 0 Å². The van der Waals surface area contributed by atoms with Gasteiger partial charge in [-0.3, -0.25) is 19.2 Å². The lowest BCUT2D eigenvalue weighted by Crippen LogP contribution is -2.52. The Bertz CT molecular complexity index is 811. The molecule has 0 radical (unpaired) electrons. The fraction of sp³-hybridized carbons (Fsp3) is 0.862. The van der Waals surface area contributed by atoms with Crippen molar-refractivity contribution in [2.45, 2.75) is 126 Å². The molecule has 8 nitrogen and oxygen atoms in total. The molecular weight excluding hydrogens is 532 g/mol. The van der Waals surface area contributed by atoms with Crippen molar-refractivity contribution >= 4 is 40.5 Å². The summed E-state index contributed by atoms with van der Waals surface area (Å²) in [5.41, 5.74) is -0.725. The van der Waals surface area contributed by atoms with E-state index >= 15 is 0 Å². The van der Waals surface area contributed by atoms with E-state index < -0.39 is 28.6 Å². The molecule has 2 rings (SSSR count). The number of ether oxygens (including phenoxy) is 3. The first-order valence-electron chi connectivity index (χ1n) is 14.3. The van der Waals surface area contributed by atoms with Crippen LogP contribution >= 0.6 is 0 Å². The van der Waals surface area contributed by atoms with Crippen LogP contribution < -0.4 is 0 Å². The molecule has 3 unspecified atom stereocenters. The fourth-order valence-electron chi connectivity index (χ4n) is 3.97. The van der Waals surface area contributed by atoms with Crippen LogP contribution in [0.25, 0.3) is 0 Å². The molecule has 0 bridgehead atoms. The zero-order chi connectivity index (χ0) is 31.0. The van der Waals surface area contributed by atoms with E-state index in [2.05, 4.69) is 44.8 Å². The maximum absolute atomic E-state index is 12.2. The summed E-state index contributed by atoms with van der Waals surface area (Å²) in [7, 11) is -3.31. The van der Waals surface area contributed by atoms with E-state index in [1.54, 1.807) is 13.8 Å². The van der Waals surface area contributed by atoms with Gasteiger partial charge in [0.1, 0.15) is 5.60 Å². The molecule has 3 atom stereocenters. The Morgan fingerprint density at radius 3 is 1.67 bits per heavy atom. The molecule has 228 valence electrons. The second kappa shape index (κ2) is 14.9. The van der Waals surface area contributed by atoms with Crippen LogP contribution in [0.3, 0.4) is 0 Å². The van der Waals surface area contributed by atoms with Crippen LogP contribution in [-0.2, 0) is 37.5 Å². The first-order valence-corrected chi connectivity index (χ1v) is 20.6. The number of rotatable bonds is 6. The Hall–Kier alpha value is -1.53. The summed E-state index contributed by atoms with van der Waals surface area (Å²) in [4.78, 5) is 44.8. The molecule has 39 heavy (non-hydrogen) atoms. The molecular formula is C29H56O8Si2. The average molecular weight is 589 g/mol. The van der Waals surface area contributed by atoms with Crippen LogP contribution in [0.15, 0.2) is 0 Å². The Morgan fingerprint density at radius 2 is 1.36 bits per heavy atom.